The van der Waals surface area contributed by atoms with Crippen LogP contribution in [0.5, 0.6) is 5.75 Å². The van der Waals surface area contributed by atoms with E-state index in [2.05, 4.69) is 51.9 Å². The Bertz CT molecular complexity index is 485. The van der Waals surface area contributed by atoms with Crippen LogP contribution in [-0.2, 0) is 5.41 Å². The minimum Gasteiger partial charge on any atom is -0.483 e. The number of nitrogens with two attached hydrogens (primary N) is 1. The molecule has 0 aliphatic rings. The van der Waals surface area contributed by atoms with Gasteiger partial charge in [-0.1, -0.05) is 51.9 Å². The Balaban J connectivity index is 2.83. The highest BCUT2D eigenvalue weighted by molar-refractivity contribution is 5.84. The highest BCUT2D eigenvalue weighted by Gasteiger charge is 2.27. The van der Waals surface area contributed by atoms with Crippen molar-refractivity contribution < 1.29 is 9.94 Å². The number of hydrogen-bond donors (Lipinski definition) is 2. The summed E-state index contributed by atoms with van der Waals surface area (Å²) in [5.41, 5.74) is 7.17. The predicted molar refractivity (Wildman–Crippen MR) is 87.0 cm³/mol. The van der Waals surface area contributed by atoms with E-state index < -0.39 is 6.10 Å². The average Bonchev–Trinajstić information content (AvgIpc) is 2.35. The van der Waals surface area contributed by atoms with Crippen LogP contribution in [0.2, 0.25) is 0 Å². The van der Waals surface area contributed by atoms with Gasteiger partial charge in [-0.3, -0.25) is 0 Å². The molecule has 1 unspecified atom stereocenters. The molecule has 118 valence electrons. The molecule has 0 spiro atoms. The molecular formula is C17H28N2O2. The Hall–Kier alpha value is -1.71. The second-order valence-electron chi connectivity index (χ2n) is 7.43. The van der Waals surface area contributed by atoms with E-state index in [1.54, 1.807) is 6.92 Å². The maximum Gasteiger partial charge on any atom is 0.180 e. The van der Waals surface area contributed by atoms with Crippen LogP contribution < -0.4 is 10.5 Å². The molecule has 1 atom stereocenters. The molecule has 0 fully saturated rings. The molecule has 1 aromatic carbocycles. The summed E-state index contributed by atoms with van der Waals surface area (Å²) >= 11 is 0. The molecular weight excluding hydrogens is 264 g/mol. The Morgan fingerprint density at radius 2 is 1.71 bits per heavy atom. The van der Waals surface area contributed by atoms with Gasteiger partial charge in [0, 0.05) is 0 Å². The molecule has 0 bridgehead atoms. The smallest absolute Gasteiger partial charge is 0.180 e. The first-order valence-electron chi connectivity index (χ1n) is 7.30. The summed E-state index contributed by atoms with van der Waals surface area (Å²) in [6.45, 7) is 13.0. The average molecular weight is 292 g/mol. The number of oxime groups is 1. The monoisotopic (exact) mass is 292 g/mol. The van der Waals surface area contributed by atoms with Crippen molar-refractivity contribution in [2.45, 2.75) is 59.5 Å². The molecule has 4 nitrogen and oxygen atoms in total. The Labute approximate surface area is 128 Å². The number of amidine groups is 1. The highest BCUT2D eigenvalue weighted by Crippen LogP contribution is 2.36. The van der Waals surface area contributed by atoms with Crippen LogP contribution in [0.4, 0.5) is 0 Å². The quantitative estimate of drug-likeness (QED) is 0.374. The lowest BCUT2D eigenvalue weighted by molar-refractivity contribution is 0.265. The normalized spacial score (nSPS) is 14.9. The van der Waals surface area contributed by atoms with Crippen LogP contribution in [0.1, 0.15) is 53.5 Å². The molecule has 1 aromatic rings. The van der Waals surface area contributed by atoms with Gasteiger partial charge in [0.15, 0.2) is 11.9 Å². The third-order valence-electron chi connectivity index (χ3n) is 3.45. The lowest BCUT2D eigenvalue weighted by Crippen LogP contribution is -2.31. The van der Waals surface area contributed by atoms with Gasteiger partial charge in [0.05, 0.1) is 0 Å². The molecule has 0 amide bonds. The van der Waals surface area contributed by atoms with E-state index in [-0.39, 0.29) is 16.7 Å². The summed E-state index contributed by atoms with van der Waals surface area (Å²) in [5.74, 6) is 0.775. The third kappa shape index (κ3) is 5.29. The van der Waals surface area contributed by atoms with Gasteiger partial charge in [0.1, 0.15) is 5.75 Å². The first kappa shape index (κ1) is 17.3. The maximum absolute atomic E-state index is 8.63. The van der Waals surface area contributed by atoms with Gasteiger partial charge in [-0.15, -0.1) is 0 Å². The lowest BCUT2D eigenvalue weighted by Gasteiger charge is -2.33. The van der Waals surface area contributed by atoms with Crippen molar-refractivity contribution in [1.82, 2.24) is 0 Å². The molecule has 0 saturated carbocycles. The second kappa shape index (κ2) is 6.37. The predicted octanol–water partition coefficient (Wildman–Crippen LogP) is 3.91. The fraction of sp³-hybridized carbons (Fsp3) is 0.588. The second-order valence-corrected chi connectivity index (χ2v) is 7.43. The van der Waals surface area contributed by atoms with Crippen LogP contribution in [0.15, 0.2) is 29.4 Å². The van der Waals surface area contributed by atoms with Gasteiger partial charge in [-0.2, -0.15) is 0 Å². The van der Waals surface area contributed by atoms with Gasteiger partial charge in [-0.25, -0.2) is 0 Å². The van der Waals surface area contributed by atoms with E-state index in [0.29, 0.717) is 5.75 Å². The molecule has 0 heterocycles. The number of benzene rings is 1. The molecule has 0 aliphatic heterocycles. The van der Waals surface area contributed by atoms with Crippen molar-refractivity contribution in [2.75, 3.05) is 0 Å². The SMILES string of the molecule is CC(Oc1ccc(C(C)(C)CC(C)(C)C)cc1)C(N)=NO. The number of hydrogen-bond acceptors (Lipinski definition) is 3. The van der Waals surface area contributed by atoms with E-state index in [0.717, 1.165) is 6.42 Å². The summed E-state index contributed by atoms with van der Waals surface area (Å²) in [5, 5.41) is 11.6. The van der Waals surface area contributed by atoms with Gasteiger partial charge >= 0.3 is 0 Å². The minimum absolute atomic E-state index is 0.0622. The zero-order valence-corrected chi connectivity index (χ0v) is 14.0. The zero-order chi connectivity index (χ0) is 16.3. The van der Waals surface area contributed by atoms with Crippen molar-refractivity contribution >= 4 is 5.84 Å². The lowest BCUT2D eigenvalue weighted by atomic mass is 9.72. The summed E-state index contributed by atoms with van der Waals surface area (Å²) in [4.78, 5) is 0. The topological polar surface area (TPSA) is 67.8 Å². The molecule has 1 rings (SSSR count). The highest BCUT2D eigenvalue weighted by atomic mass is 16.5. The summed E-state index contributed by atoms with van der Waals surface area (Å²) in [6, 6.07) is 8.03. The third-order valence-corrected chi connectivity index (χ3v) is 3.45. The van der Waals surface area contributed by atoms with E-state index in [9.17, 15) is 0 Å². The number of rotatable bonds is 5. The number of ether oxygens (including phenoxy) is 1. The Kier molecular flexibility index (Phi) is 5.26. The van der Waals surface area contributed by atoms with Gasteiger partial charge in [0.2, 0.25) is 0 Å². The van der Waals surface area contributed by atoms with Crippen LogP contribution in [0.25, 0.3) is 0 Å². The van der Waals surface area contributed by atoms with Gasteiger partial charge < -0.3 is 15.7 Å². The maximum atomic E-state index is 8.63. The molecule has 0 radical (unpaired) electrons. The van der Waals surface area contributed by atoms with Crippen LogP contribution >= 0.6 is 0 Å². The standard InChI is InChI=1S/C17H28N2O2/c1-12(15(18)19-20)21-14-9-7-13(8-10-14)17(5,6)11-16(2,3)4/h7-10,12,20H,11H2,1-6H3,(H2,18,19). The van der Waals surface area contributed by atoms with E-state index in [4.69, 9.17) is 15.7 Å². The first-order chi connectivity index (χ1) is 9.55. The van der Waals surface area contributed by atoms with E-state index in [1.165, 1.54) is 5.56 Å². The largest absolute Gasteiger partial charge is 0.483 e. The van der Waals surface area contributed by atoms with Gasteiger partial charge in [-0.05, 0) is 41.9 Å². The number of nitrogens with zero attached hydrogens (tertiary/aromatic N) is 1. The summed E-state index contributed by atoms with van der Waals surface area (Å²) in [6.07, 6.45) is 0.643. The van der Waals surface area contributed by atoms with E-state index >= 15 is 0 Å². The van der Waals surface area contributed by atoms with Crippen molar-refractivity contribution in [2.24, 2.45) is 16.3 Å². The first-order valence-corrected chi connectivity index (χ1v) is 7.30. The molecule has 0 aliphatic carbocycles. The van der Waals surface area contributed by atoms with Crippen LogP contribution in [0, 0.1) is 5.41 Å². The van der Waals surface area contributed by atoms with Gasteiger partial charge in [0.25, 0.3) is 0 Å². The fourth-order valence-electron chi connectivity index (χ4n) is 2.76. The van der Waals surface area contributed by atoms with Crippen molar-refractivity contribution in [3.63, 3.8) is 0 Å². The summed E-state index contributed by atoms with van der Waals surface area (Å²) in [7, 11) is 0. The van der Waals surface area contributed by atoms with Crippen molar-refractivity contribution in [3.8, 4) is 5.75 Å². The molecule has 0 saturated heterocycles. The molecule has 21 heavy (non-hydrogen) atoms. The Morgan fingerprint density at radius 3 is 2.14 bits per heavy atom. The fourth-order valence-corrected chi connectivity index (χ4v) is 2.76. The molecule has 3 N–H and O–H groups in total. The van der Waals surface area contributed by atoms with E-state index in [1.807, 2.05) is 12.1 Å². The molecule has 4 heteroatoms. The molecule has 0 aromatic heterocycles. The van der Waals surface area contributed by atoms with Crippen molar-refractivity contribution in [1.29, 1.82) is 0 Å². The zero-order valence-electron chi connectivity index (χ0n) is 14.0. The minimum atomic E-state index is -0.455. The Morgan fingerprint density at radius 1 is 1.19 bits per heavy atom. The van der Waals surface area contributed by atoms with Crippen LogP contribution in [0.3, 0.4) is 0 Å². The van der Waals surface area contributed by atoms with Crippen LogP contribution in [-0.4, -0.2) is 17.1 Å². The van der Waals surface area contributed by atoms with Crippen molar-refractivity contribution in [3.05, 3.63) is 29.8 Å². The summed E-state index contributed by atoms with van der Waals surface area (Å²) < 4.78 is 5.62.